The molecule has 0 radical (unpaired) electrons. The van der Waals surface area contributed by atoms with Crippen LogP contribution in [0, 0.1) is 0 Å². The van der Waals surface area contributed by atoms with Crippen LogP contribution in [-0.2, 0) is 13.0 Å². The van der Waals surface area contributed by atoms with Crippen LogP contribution in [0.15, 0.2) is 88.7 Å². The van der Waals surface area contributed by atoms with E-state index in [2.05, 4.69) is 67.9 Å². The lowest BCUT2D eigenvalue weighted by Crippen LogP contribution is -2.15. The third-order valence-electron chi connectivity index (χ3n) is 7.02. The zero-order chi connectivity index (χ0) is 26.1. The minimum Gasteiger partial charge on any atom is -0.497 e. The SMILES string of the molecule is COc1ccc(C(c2ccc(OC)cc2)n2nc(-c3ccsc3)c3c2-c2cc(CN=[N+]=[N-])ccc2C3)cc1. The molecule has 2 heterocycles. The van der Waals surface area contributed by atoms with E-state index in [0.29, 0.717) is 6.54 Å². The predicted octanol–water partition coefficient (Wildman–Crippen LogP) is 7.65. The standard InChI is InChI=1S/C30H25N5O2S/c1-36-24-9-5-20(6-10-24)29(21-7-11-25(37-2)12-8-21)35-30-26-15-19(17-32-34-31)3-4-22(26)16-27(30)28(33-35)23-13-14-38-18-23/h3-15,18,29H,16-17H2,1-2H3. The lowest BCUT2D eigenvalue weighted by Gasteiger charge is -2.22. The molecule has 188 valence electrons. The van der Waals surface area contributed by atoms with Gasteiger partial charge >= 0.3 is 0 Å². The largest absolute Gasteiger partial charge is 0.497 e. The number of ether oxygens (including phenoxy) is 2. The van der Waals surface area contributed by atoms with Gasteiger partial charge in [-0.15, -0.1) is 0 Å². The second-order valence-electron chi connectivity index (χ2n) is 9.14. The summed E-state index contributed by atoms with van der Waals surface area (Å²) in [6, 6.07) is 24.6. The molecule has 7 nitrogen and oxygen atoms in total. The number of methoxy groups -OCH3 is 2. The second kappa shape index (κ2) is 10.1. The highest BCUT2D eigenvalue weighted by molar-refractivity contribution is 7.08. The first kappa shape index (κ1) is 23.9. The molecular weight excluding hydrogens is 494 g/mol. The third kappa shape index (κ3) is 4.20. The third-order valence-corrected chi connectivity index (χ3v) is 7.71. The summed E-state index contributed by atoms with van der Waals surface area (Å²) in [5, 5.41) is 13.3. The van der Waals surface area contributed by atoms with Crippen molar-refractivity contribution in [3.05, 3.63) is 122 Å². The Bertz CT molecular complexity index is 1590. The van der Waals surface area contributed by atoms with Crippen LogP contribution in [0.4, 0.5) is 0 Å². The van der Waals surface area contributed by atoms with Gasteiger partial charge in [-0.3, -0.25) is 4.68 Å². The maximum absolute atomic E-state index is 8.86. The molecule has 1 aliphatic rings. The average molecular weight is 520 g/mol. The first-order chi connectivity index (χ1) is 18.7. The highest BCUT2D eigenvalue weighted by atomic mass is 32.1. The van der Waals surface area contributed by atoms with E-state index < -0.39 is 0 Å². The normalized spacial score (nSPS) is 11.7. The number of fused-ring (bicyclic) bond motifs is 3. The molecule has 0 aliphatic heterocycles. The molecule has 0 bridgehead atoms. The van der Waals surface area contributed by atoms with Gasteiger partial charge in [-0.1, -0.05) is 41.5 Å². The number of thiophene rings is 1. The summed E-state index contributed by atoms with van der Waals surface area (Å²) >= 11 is 1.67. The Morgan fingerprint density at radius 2 is 1.66 bits per heavy atom. The maximum atomic E-state index is 8.86. The molecule has 0 saturated carbocycles. The van der Waals surface area contributed by atoms with Crippen molar-refractivity contribution in [1.82, 2.24) is 9.78 Å². The van der Waals surface area contributed by atoms with Crippen molar-refractivity contribution < 1.29 is 9.47 Å². The van der Waals surface area contributed by atoms with E-state index in [1.54, 1.807) is 25.6 Å². The maximum Gasteiger partial charge on any atom is 0.118 e. The molecule has 6 rings (SSSR count). The molecule has 3 aromatic carbocycles. The van der Waals surface area contributed by atoms with Crippen LogP contribution in [-0.4, -0.2) is 24.0 Å². The number of azide groups is 1. The molecule has 0 N–H and O–H groups in total. The number of hydrogen-bond donors (Lipinski definition) is 0. The smallest absolute Gasteiger partial charge is 0.118 e. The first-order valence-electron chi connectivity index (χ1n) is 12.2. The summed E-state index contributed by atoms with van der Waals surface area (Å²) in [6.45, 7) is 0.311. The molecule has 1 aliphatic carbocycles. The number of aromatic nitrogens is 2. The highest BCUT2D eigenvalue weighted by Gasteiger charge is 2.32. The van der Waals surface area contributed by atoms with Gasteiger partial charge in [-0.25, -0.2) is 0 Å². The number of nitrogens with zero attached hydrogens (tertiary/aromatic N) is 5. The van der Waals surface area contributed by atoms with Crippen LogP contribution < -0.4 is 9.47 Å². The van der Waals surface area contributed by atoms with E-state index in [1.165, 1.54) is 11.1 Å². The monoisotopic (exact) mass is 519 g/mol. The molecule has 0 amide bonds. The van der Waals surface area contributed by atoms with Gasteiger partial charge in [0.15, 0.2) is 0 Å². The summed E-state index contributed by atoms with van der Waals surface area (Å²) in [4.78, 5) is 2.95. The van der Waals surface area contributed by atoms with Crippen LogP contribution in [0.1, 0.15) is 33.9 Å². The zero-order valence-electron chi connectivity index (χ0n) is 21.0. The Hall–Kier alpha value is -4.52. The fourth-order valence-corrected chi connectivity index (χ4v) is 5.83. The van der Waals surface area contributed by atoms with Crippen molar-refractivity contribution in [2.45, 2.75) is 19.0 Å². The first-order valence-corrected chi connectivity index (χ1v) is 13.2. The van der Waals surface area contributed by atoms with E-state index >= 15 is 0 Å². The van der Waals surface area contributed by atoms with Gasteiger partial charge in [-0.2, -0.15) is 16.4 Å². The van der Waals surface area contributed by atoms with Gasteiger partial charge in [-0.05, 0) is 69.6 Å². The molecule has 0 atom stereocenters. The van der Waals surface area contributed by atoms with Crippen LogP contribution >= 0.6 is 11.3 Å². The summed E-state index contributed by atoms with van der Waals surface area (Å²) in [5.74, 6) is 1.61. The van der Waals surface area contributed by atoms with Gasteiger partial charge in [0.25, 0.3) is 0 Å². The fourth-order valence-electron chi connectivity index (χ4n) is 5.19. The predicted molar refractivity (Wildman–Crippen MR) is 150 cm³/mol. The van der Waals surface area contributed by atoms with Crippen molar-refractivity contribution in [3.63, 3.8) is 0 Å². The molecule has 5 aromatic rings. The van der Waals surface area contributed by atoms with Crippen molar-refractivity contribution in [1.29, 1.82) is 0 Å². The molecular formula is C30H25N5O2S. The van der Waals surface area contributed by atoms with Crippen LogP contribution in [0.2, 0.25) is 0 Å². The quantitative estimate of drug-likeness (QED) is 0.118. The van der Waals surface area contributed by atoms with Gasteiger partial charge < -0.3 is 9.47 Å². The Kier molecular flexibility index (Phi) is 6.33. The van der Waals surface area contributed by atoms with Gasteiger partial charge in [0.2, 0.25) is 0 Å². The summed E-state index contributed by atoms with van der Waals surface area (Å²) in [6.07, 6.45) is 0.801. The molecule has 38 heavy (non-hydrogen) atoms. The van der Waals surface area contributed by atoms with Gasteiger partial charge in [0, 0.05) is 33.4 Å². The lowest BCUT2D eigenvalue weighted by atomic mass is 9.97. The van der Waals surface area contributed by atoms with Gasteiger partial charge in [0.05, 0.1) is 32.2 Å². The Labute approximate surface area is 224 Å². The number of hydrogen-bond acceptors (Lipinski definition) is 5. The van der Waals surface area contributed by atoms with Crippen molar-refractivity contribution in [2.24, 2.45) is 5.11 Å². The van der Waals surface area contributed by atoms with Crippen LogP contribution in [0.25, 0.3) is 33.0 Å². The molecule has 0 unspecified atom stereocenters. The highest BCUT2D eigenvalue weighted by Crippen LogP contribution is 2.45. The minimum absolute atomic E-state index is 0.181. The molecule has 0 saturated heterocycles. The van der Waals surface area contributed by atoms with Crippen LogP contribution in [0.3, 0.4) is 0 Å². The van der Waals surface area contributed by atoms with E-state index in [-0.39, 0.29) is 6.04 Å². The average Bonchev–Trinajstić information content (AvgIpc) is 3.70. The molecule has 0 spiro atoms. The summed E-state index contributed by atoms with van der Waals surface area (Å²) in [5.41, 5.74) is 18.8. The lowest BCUT2D eigenvalue weighted by molar-refractivity contribution is 0.414. The Morgan fingerprint density at radius 3 is 2.24 bits per heavy atom. The van der Waals surface area contributed by atoms with Crippen molar-refractivity contribution in [2.75, 3.05) is 14.2 Å². The van der Waals surface area contributed by atoms with Gasteiger partial charge in [0.1, 0.15) is 17.5 Å². The second-order valence-corrected chi connectivity index (χ2v) is 9.92. The molecule has 8 heteroatoms. The molecule has 2 aromatic heterocycles. The molecule has 0 fully saturated rings. The van der Waals surface area contributed by atoms with E-state index in [1.807, 2.05) is 30.3 Å². The van der Waals surface area contributed by atoms with Crippen molar-refractivity contribution in [3.8, 4) is 34.0 Å². The topological polar surface area (TPSA) is 85.0 Å². The van der Waals surface area contributed by atoms with Crippen LogP contribution in [0.5, 0.6) is 11.5 Å². The Morgan fingerprint density at radius 1 is 0.974 bits per heavy atom. The fraction of sp³-hybridized carbons (Fsp3) is 0.167. The Balaban J connectivity index is 1.59. The summed E-state index contributed by atoms with van der Waals surface area (Å²) in [7, 11) is 3.35. The summed E-state index contributed by atoms with van der Waals surface area (Å²) < 4.78 is 13.0. The minimum atomic E-state index is -0.181. The van der Waals surface area contributed by atoms with E-state index in [0.717, 1.165) is 57.1 Å². The van der Waals surface area contributed by atoms with E-state index in [9.17, 15) is 0 Å². The van der Waals surface area contributed by atoms with Crippen molar-refractivity contribution >= 4 is 11.3 Å². The number of benzene rings is 3. The van der Waals surface area contributed by atoms with E-state index in [4.69, 9.17) is 20.1 Å². The number of rotatable bonds is 8. The zero-order valence-corrected chi connectivity index (χ0v) is 21.9.